The number of halogens is 1. The largest absolute Gasteiger partial charge is 0.355 e. The molecule has 0 aliphatic heterocycles. The van der Waals surface area contributed by atoms with Gasteiger partial charge in [0.1, 0.15) is 5.15 Å². The van der Waals surface area contributed by atoms with Gasteiger partial charge in [0.15, 0.2) is 0 Å². The molecule has 0 spiro atoms. The Hall–Kier alpha value is -3.38. The highest BCUT2D eigenvalue weighted by atomic mass is 35.5. The first-order valence-corrected chi connectivity index (χ1v) is 9.43. The van der Waals surface area contributed by atoms with Gasteiger partial charge in [0.2, 0.25) is 5.91 Å². The summed E-state index contributed by atoms with van der Waals surface area (Å²) in [6.07, 6.45) is 3.04. The van der Waals surface area contributed by atoms with E-state index in [0.717, 1.165) is 11.3 Å². The molecular weight excluding hydrogens is 388 g/mol. The van der Waals surface area contributed by atoms with Crippen LogP contribution in [-0.2, 0) is 11.3 Å². The first-order chi connectivity index (χ1) is 14.0. The molecule has 0 saturated heterocycles. The summed E-state index contributed by atoms with van der Waals surface area (Å²) in [5, 5.41) is 10.2. The summed E-state index contributed by atoms with van der Waals surface area (Å²) in [5.74, 6) is -0.546. The van der Waals surface area contributed by atoms with Crippen molar-refractivity contribution >= 4 is 35.2 Å². The zero-order valence-corrected chi connectivity index (χ0v) is 16.9. The number of anilines is 1. The van der Waals surface area contributed by atoms with Crippen LogP contribution >= 0.6 is 11.6 Å². The van der Waals surface area contributed by atoms with Gasteiger partial charge in [0.25, 0.3) is 5.91 Å². The number of nitrogens with zero attached hydrogens (tertiary/aromatic N) is 2. The van der Waals surface area contributed by atoms with Gasteiger partial charge in [0, 0.05) is 29.9 Å². The van der Waals surface area contributed by atoms with Crippen molar-refractivity contribution in [1.82, 2.24) is 15.1 Å². The van der Waals surface area contributed by atoms with Gasteiger partial charge >= 0.3 is 0 Å². The fraction of sp³-hybridized carbons (Fsp3) is 0.136. The number of aryl methyl sites for hydroxylation is 1. The molecule has 148 valence electrons. The third kappa shape index (κ3) is 5.12. The second-order valence-electron chi connectivity index (χ2n) is 6.42. The smallest absolute Gasteiger partial charge is 0.251 e. The zero-order chi connectivity index (χ0) is 20.8. The number of amides is 2. The molecule has 3 aromatic rings. The molecule has 2 amide bonds. The lowest BCUT2D eigenvalue weighted by Gasteiger charge is -2.05. The fourth-order valence-electron chi connectivity index (χ4n) is 2.84. The van der Waals surface area contributed by atoms with E-state index in [4.69, 9.17) is 11.6 Å². The minimum atomic E-state index is -0.328. The van der Waals surface area contributed by atoms with E-state index in [1.165, 1.54) is 6.08 Å². The van der Waals surface area contributed by atoms with Crippen molar-refractivity contribution in [2.45, 2.75) is 13.5 Å². The number of carbonyl (C=O) groups is 2. The summed E-state index contributed by atoms with van der Waals surface area (Å²) in [6, 6.07) is 16.6. The van der Waals surface area contributed by atoms with Gasteiger partial charge in [-0.3, -0.25) is 9.59 Å². The van der Waals surface area contributed by atoms with Gasteiger partial charge in [-0.05, 0) is 36.8 Å². The van der Waals surface area contributed by atoms with Gasteiger partial charge < -0.3 is 10.6 Å². The molecule has 2 N–H and O–H groups in total. The van der Waals surface area contributed by atoms with Crippen molar-refractivity contribution in [3.05, 3.63) is 88.2 Å². The molecule has 0 radical (unpaired) electrons. The molecule has 0 aliphatic rings. The first-order valence-electron chi connectivity index (χ1n) is 9.06. The molecule has 7 heteroatoms. The van der Waals surface area contributed by atoms with E-state index < -0.39 is 0 Å². The van der Waals surface area contributed by atoms with Crippen molar-refractivity contribution < 1.29 is 9.59 Å². The minimum Gasteiger partial charge on any atom is -0.355 e. The van der Waals surface area contributed by atoms with Crippen LogP contribution < -0.4 is 10.6 Å². The Morgan fingerprint density at radius 3 is 2.62 bits per heavy atom. The Balaban J connectivity index is 1.71. The normalized spacial score (nSPS) is 10.9. The number of benzene rings is 2. The van der Waals surface area contributed by atoms with E-state index in [2.05, 4.69) is 15.7 Å². The van der Waals surface area contributed by atoms with Gasteiger partial charge in [-0.2, -0.15) is 5.10 Å². The average molecular weight is 409 g/mol. The van der Waals surface area contributed by atoms with Crippen LogP contribution in [0.25, 0.3) is 6.08 Å². The molecule has 0 fully saturated rings. The monoisotopic (exact) mass is 408 g/mol. The molecule has 2 aromatic carbocycles. The number of nitrogens with one attached hydrogen (secondary N) is 2. The van der Waals surface area contributed by atoms with Gasteiger partial charge in [-0.1, -0.05) is 48.0 Å². The SMILES string of the molecule is CNC(=O)c1cccc(NC(=O)/C=C/c2c(C)nn(Cc3ccccc3)c2Cl)c1. The highest BCUT2D eigenvalue weighted by Gasteiger charge is 2.12. The van der Waals surface area contributed by atoms with E-state index >= 15 is 0 Å². The molecule has 0 unspecified atom stereocenters. The fourth-order valence-corrected chi connectivity index (χ4v) is 3.14. The van der Waals surface area contributed by atoms with E-state index in [9.17, 15) is 9.59 Å². The van der Waals surface area contributed by atoms with Crippen molar-refractivity contribution in [2.75, 3.05) is 12.4 Å². The van der Waals surface area contributed by atoms with Crippen molar-refractivity contribution in [2.24, 2.45) is 0 Å². The Kier molecular flexibility index (Phi) is 6.46. The average Bonchev–Trinajstić information content (AvgIpc) is 2.99. The minimum absolute atomic E-state index is 0.218. The number of hydrogen-bond acceptors (Lipinski definition) is 3. The Bertz CT molecular complexity index is 1060. The lowest BCUT2D eigenvalue weighted by Crippen LogP contribution is -2.18. The predicted octanol–water partition coefficient (Wildman–Crippen LogP) is 3.90. The predicted molar refractivity (Wildman–Crippen MR) is 115 cm³/mol. The summed E-state index contributed by atoms with van der Waals surface area (Å²) in [7, 11) is 1.56. The van der Waals surface area contributed by atoms with Gasteiger partial charge in [0.05, 0.1) is 12.2 Å². The van der Waals surface area contributed by atoms with Crippen LogP contribution in [-0.4, -0.2) is 28.6 Å². The zero-order valence-electron chi connectivity index (χ0n) is 16.1. The quantitative estimate of drug-likeness (QED) is 0.607. The summed E-state index contributed by atoms with van der Waals surface area (Å²) >= 11 is 6.47. The summed E-state index contributed by atoms with van der Waals surface area (Å²) in [5.41, 5.74) is 3.51. The highest BCUT2D eigenvalue weighted by molar-refractivity contribution is 6.31. The van der Waals surface area contributed by atoms with Crippen LogP contribution in [0.4, 0.5) is 5.69 Å². The molecule has 0 atom stereocenters. The molecule has 0 saturated carbocycles. The van der Waals surface area contributed by atoms with Crippen LogP contribution in [0.3, 0.4) is 0 Å². The van der Waals surface area contributed by atoms with Gasteiger partial charge in [-0.25, -0.2) is 4.68 Å². The molecular formula is C22H21ClN4O2. The molecule has 29 heavy (non-hydrogen) atoms. The summed E-state index contributed by atoms with van der Waals surface area (Å²) in [4.78, 5) is 24.0. The lowest BCUT2D eigenvalue weighted by atomic mass is 10.2. The first kappa shape index (κ1) is 20.4. The third-order valence-electron chi connectivity index (χ3n) is 4.31. The molecule has 6 nitrogen and oxygen atoms in total. The Morgan fingerprint density at radius 2 is 1.90 bits per heavy atom. The lowest BCUT2D eigenvalue weighted by molar-refractivity contribution is -0.111. The van der Waals surface area contributed by atoms with E-state index in [1.807, 2.05) is 37.3 Å². The maximum atomic E-state index is 12.3. The standard InChI is InChI=1S/C22H21ClN4O2/c1-15-19(21(23)27(26-15)14-16-7-4-3-5-8-16)11-12-20(28)25-18-10-6-9-17(13-18)22(29)24-2/h3-13H,14H2,1-2H3,(H,24,29)(H,25,28)/b12-11+. The highest BCUT2D eigenvalue weighted by Crippen LogP contribution is 2.22. The second-order valence-corrected chi connectivity index (χ2v) is 6.77. The summed E-state index contributed by atoms with van der Waals surface area (Å²) in [6.45, 7) is 2.39. The maximum Gasteiger partial charge on any atom is 0.251 e. The third-order valence-corrected chi connectivity index (χ3v) is 4.70. The number of carbonyl (C=O) groups excluding carboxylic acids is 2. The molecule has 0 aliphatic carbocycles. The van der Waals surface area contributed by atoms with Crippen LogP contribution in [0.15, 0.2) is 60.7 Å². The molecule has 1 aromatic heterocycles. The van der Waals surface area contributed by atoms with E-state index in [1.54, 1.807) is 42.1 Å². The molecule has 3 rings (SSSR count). The second kappa shape index (κ2) is 9.21. The van der Waals surface area contributed by atoms with E-state index in [-0.39, 0.29) is 11.8 Å². The van der Waals surface area contributed by atoms with Crippen LogP contribution in [0.1, 0.15) is 27.2 Å². The van der Waals surface area contributed by atoms with E-state index in [0.29, 0.717) is 28.5 Å². The van der Waals surface area contributed by atoms with Crippen molar-refractivity contribution in [1.29, 1.82) is 0 Å². The maximum absolute atomic E-state index is 12.3. The molecule has 1 heterocycles. The number of aromatic nitrogens is 2. The topological polar surface area (TPSA) is 76.0 Å². The Morgan fingerprint density at radius 1 is 1.14 bits per heavy atom. The van der Waals surface area contributed by atoms with Crippen LogP contribution in [0.5, 0.6) is 0 Å². The Labute approximate surface area is 174 Å². The van der Waals surface area contributed by atoms with Crippen LogP contribution in [0, 0.1) is 6.92 Å². The number of rotatable bonds is 6. The summed E-state index contributed by atoms with van der Waals surface area (Å²) < 4.78 is 1.70. The van der Waals surface area contributed by atoms with Crippen molar-refractivity contribution in [3.63, 3.8) is 0 Å². The van der Waals surface area contributed by atoms with Crippen molar-refractivity contribution in [3.8, 4) is 0 Å². The van der Waals surface area contributed by atoms with Gasteiger partial charge in [-0.15, -0.1) is 0 Å². The number of hydrogen-bond donors (Lipinski definition) is 2. The van der Waals surface area contributed by atoms with Crippen LogP contribution in [0.2, 0.25) is 5.15 Å². The molecule has 0 bridgehead atoms.